The number of nitrogens with one attached hydrogen (secondary N) is 2. The minimum absolute atomic E-state index is 0.0807. The average molecular weight is 402 g/mol. The maximum atomic E-state index is 11.9. The second-order valence-electron chi connectivity index (χ2n) is 5.47. The largest absolute Gasteiger partial charge is 0.748 e. The molecule has 0 unspecified atom stereocenters. The van der Waals surface area contributed by atoms with Gasteiger partial charge in [-0.15, -0.1) is 0 Å². The molecule has 1 rings (SSSR count). The molecule has 11 nitrogen and oxygen atoms in total. The number of amides is 2. The van der Waals surface area contributed by atoms with E-state index < -0.39 is 39.4 Å². The van der Waals surface area contributed by atoms with Crippen molar-refractivity contribution in [2.24, 2.45) is 0 Å². The van der Waals surface area contributed by atoms with Crippen LogP contribution in [0.1, 0.15) is 35.7 Å². The molecule has 2 amide bonds. The lowest BCUT2D eigenvalue weighted by Gasteiger charge is -2.09. The van der Waals surface area contributed by atoms with Crippen LogP contribution in [0, 0.1) is 10.1 Å². The molecule has 1 aromatic rings. The highest BCUT2D eigenvalue weighted by Crippen LogP contribution is 2.21. The Hall–Kier alpha value is -2.73. The number of hydrogen-bond donors (Lipinski definition) is 2. The highest BCUT2D eigenvalue weighted by atomic mass is 32.2. The van der Waals surface area contributed by atoms with Gasteiger partial charge in [-0.05, 0) is 25.0 Å². The summed E-state index contributed by atoms with van der Waals surface area (Å²) >= 11 is 0. The molecule has 0 aromatic heterocycles. The van der Waals surface area contributed by atoms with Crippen LogP contribution in [0.3, 0.4) is 0 Å². The van der Waals surface area contributed by atoms with E-state index in [-0.39, 0.29) is 29.8 Å². The van der Waals surface area contributed by atoms with Gasteiger partial charge in [0.15, 0.2) is 0 Å². The van der Waals surface area contributed by atoms with Crippen LogP contribution in [0.15, 0.2) is 18.2 Å². The summed E-state index contributed by atoms with van der Waals surface area (Å²) in [6.07, 6.45) is -0.282. The topological polar surface area (TPSA) is 168 Å². The van der Waals surface area contributed by atoms with Crippen molar-refractivity contribution in [3.63, 3.8) is 0 Å². The fourth-order valence-corrected chi connectivity index (χ4v) is 2.47. The van der Waals surface area contributed by atoms with E-state index in [0.29, 0.717) is 6.54 Å². The SMILES string of the molecule is CCCNC(=O)c1ccc(COC(=O)NCCCS(=O)(=O)[O-])c([N+](=O)[O-])c1. The summed E-state index contributed by atoms with van der Waals surface area (Å²) in [5.74, 6) is -1.07. The first kappa shape index (κ1) is 22.3. The normalized spacial score (nSPS) is 10.9. The Balaban J connectivity index is 2.64. The number of carbonyl (C=O) groups excluding carboxylic acids is 2. The van der Waals surface area contributed by atoms with Crippen LogP contribution >= 0.6 is 0 Å². The molecule has 0 saturated carbocycles. The lowest BCUT2D eigenvalue weighted by atomic mass is 10.1. The lowest BCUT2D eigenvalue weighted by Crippen LogP contribution is -2.26. The van der Waals surface area contributed by atoms with Crippen LogP contribution in [0.2, 0.25) is 0 Å². The number of ether oxygens (including phenoxy) is 1. The Morgan fingerprint density at radius 3 is 2.52 bits per heavy atom. The quantitative estimate of drug-likeness (QED) is 0.252. The molecule has 0 saturated heterocycles. The molecule has 27 heavy (non-hydrogen) atoms. The van der Waals surface area contributed by atoms with Gasteiger partial charge >= 0.3 is 6.09 Å². The molecular weight excluding hydrogens is 382 g/mol. The van der Waals surface area contributed by atoms with Gasteiger partial charge in [-0.1, -0.05) is 6.92 Å². The van der Waals surface area contributed by atoms with Crippen molar-refractivity contribution in [3.8, 4) is 0 Å². The molecule has 0 fully saturated rings. The van der Waals surface area contributed by atoms with E-state index in [9.17, 15) is 32.7 Å². The van der Waals surface area contributed by atoms with Gasteiger partial charge in [-0.25, -0.2) is 13.2 Å². The fourth-order valence-electron chi connectivity index (χ4n) is 1.97. The maximum Gasteiger partial charge on any atom is 0.407 e. The van der Waals surface area contributed by atoms with E-state index in [1.807, 2.05) is 6.92 Å². The molecule has 0 spiro atoms. The van der Waals surface area contributed by atoms with Crippen LogP contribution < -0.4 is 10.6 Å². The van der Waals surface area contributed by atoms with Gasteiger partial charge in [0.1, 0.15) is 6.61 Å². The molecule has 150 valence electrons. The second kappa shape index (κ2) is 10.4. The first-order valence-electron chi connectivity index (χ1n) is 8.03. The van der Waals surface area contributed by atoms with Crippen molar-refractivity contribution in [3.05, 3.63) is 39.4 Å². The van der Waals surface area contributed by atoms with E-state index in [4.69, 9.17) is 4.74 Å². The second-order valence-corrected chi connectivity index (χ2v) is 7.00. The molecule has 0 atom stereocenters. The maximum absolute atomic E-state index is 11.9. The van der Waals surface area contributed by atoms with Gasteiger partial charge in [-0.3, -0.25) is 14.9 Å². The zero-order valence-electron chi connectivity index (χ0n) is 14.6. The number of benzene rings is 1. The number of hydrogen-bond acceptors (Lipinski definition) is 8. The third-order valence-corrected chi connectivity index (χ3v) is 4.07. The Labute approximate surface area is 156 Å². The third kappa shape index (κ3) is 8.46. The van der Waals surface area contributed by atoms with Gasteiger partial charge in [0.05, 0.1) is 20.6 Å². The lowest BCUT2D eigenvalue weighted by molar-refractivity contribution is -0.385. The summed E-state index contributed by atoms with van der Waals surface area (Å²) in [5.41, 5.74) is -0.170. The minimum atomic E-state index is -4.36. The number of carbonyl (C=O) groups is 2. The standard InChI is InChI=1S/C15H21N3O8S/c1-2-6-16-14(19)11-4-5-12(13(9-11)18(21)22)10-26-15(20)17-7-3-8-27(23,24)25/h4-5,9H,2-3,6-8,10H2,1H3,(H,16,19)(H,17,20)(H,23,24,25)/p-1. The third-order valence-electron chi connectivity index (χ3n) is 3.28. The Morgan fingerprint density at radius 2 is 1.93 bits per heavy atom. The molecule has 0 aliphatic rings. The summed E-state index contributed by atoms with van der Waals surface area (Å²) < 4.78 is 36.1. The molecule has 0 heterocycles. The van der Waals surface area contributed by atoms with E-state index in [0.717, 1.165) is 12.5 Å². The van der Waals surface area contributed by atoms with E-state index >= 15 is 0 Å². The molecule has 0 radical (unpaired) electrons. The first-order valence-corrected chi connectivity index (χ1v) is 9.61. The van der Waals surface area contributed by atoms with Crippen molar-refractivity contribution in [2.45, 2.75) is 26.4 Å². The van der Waals surface area contributed by atoms with Crippen molar-refractivity contribution in [1.82, 2.24) is 10.6 Å². The van der Waals surface area contributed by atoms with Gasteiger partial charge < -0.3 is 19.9 Å². The predicted molar refractivity (Wildman–Crippen MR) is 93.1 cm³/mol. The molecule has 1 aromatic carbocycles. The van der Waals surface area contributed by atoms with Crippen LogP contribution in [0.25, 0.3) is 0 Å². The number of nitro benzene ring substituents is 1. The van der Waals surface area contributed by atoms with Crippen LogP contribution in [-0.2, 0) is 21.5 Å². The number of nitrogens with zero attached hydrogens (tertiary/aromatic N) is 1. The van der Waals surface area contributed by atoms with Crippen molar-refractivity contribution < 1.29 is 32.2 Å². The monoisotopic (exact) mass is 402 g/mol. The molecule has 12 heteroatoms. The molecule has 0 aliphatic carbocycles. The highest BCUT2D eigenvalue weighted by Gasteiger charge is 2.18. The molecular formula is C15H20N3O8S-. The van der Waals surface area contributed by atoms with E-state index in [2.05, 4.69) is 10.6 Å². The number of rotatable bonds is 10. The number of nitro groups is 1. The van der Waals surface area contributed by atoms with Gasteiger partial charge in [-0.2, -0.15) is 0 Å². The fraction of sp³-hybridized carbons (Fsp3) is 0.467. The summed E-state index contributed by atoms with van der Waals surface area (Å²) in [6.45, 7) is 1.79. The Bertz CT molecular complexity index is 794. The van der Waals surface area contributed by atoms with E-state index in [1.54, 1.807) is 0 Å². The number of alkyl carbamates (subject to hydrolysis) is 1. The van der Waals surface area contributed by atoms with Crippen LogP contribution in [0.4, 0.5) is 10.5 Å². The summed E-state index contributed by atoms with van der Waals surface area (Å²) in [6, 6.07) is 3.80. The molecule has 2 N–H and O–H groups in total. The minimum Gasteiger partial charge on any atom is -0.748 e. The van der Waals surface area contributed by atoms with Crippen LogP contribution in [-0.4, -0.2) is 48.7 Å². The Kier molecular flexibility index (Phi) is 8.62. The summed E-state index contributed by atoms with van der Waals surface area (Å²) in [5, 5.41) is 16.0. The van der Waals surface area contributed by atoms with Gasteiger partial charge in [0.25, 0.3) is 11.6 Å². The van der Waals surface area contributed by atoms with E-state index in [1.165, 1.54) is 12.1 Å². The van der Waals surface area contributed by atoms with Gasteiger partial charge in [0, 0.05) is 30.5 Å². The predicted octanol–water partition coefficient (Wildman–Crippen LogP) is 0.896. The average Bonchev–Trinajstić information content (AvgIpc) is 2.60. The zero-order valence-corrected chi connectivity index (χ0v) is 15.4. The van der Waals surface area contributed by atoms with Crippen LogP contribution in [0.5, 0.6) is 0 Å². The molecule has 0 aliphatic heterocycles. The zero-order chi connectivity index (χ0) is 20.4. The highest BCUT2D eigenvalue weighted by molar-refractivity contribution is 7.85. The summed E-state index contributed by atoms with van der Waals surface area (Å²) in [7, 11) is -4.36. The first-order chi connectivity index (χ1) is 12.6. The Morgan fingerprint density at radius 1 is 1.22 bits per heavy atom. The molecule has 0 bridgehead atoms. The van der Waals surface area contributed by atoms with Crippen molar-refractivity contribution in [2.75, 3.05) is 18.8 Å². The van der Waals surface area contributed by atoms with Gasteiger partial charge in [0.2, 0.25) is 0 Å². The summed E-state index contributed by atoms with van der Waals surface area (Å²) in [4.78, 5) is 33.9. The smallest absolute Gasteiger partial charge is 0.407 e. The van der Waals surface area contributed by atoms with Crippen molar-refractivity contribution in [1.29, 1.82) is 0 Å². The van der Waals surface area contributed by atoms with Crippen molar-refractivity contribution >= 4 is 27.8 Å².